The van der Waals surface area contributed by atoms with Gasteiger partial charge in [0.15, 0.2) is 0 Å². The zero-order chi connectivity index (χ0) is 8.91. The molecule has 0 aliphatic carbocycles. The Morgan fingerprint density at radius 3 is 2.27 bits per heavy atom. The Hall–Kier alpha value is -0.380. The minimum absolute atomic E-state index is 0.236. The number of hydrogen-bond donors (Lipinski definition) is 3. The first-order valence-corrected chi connectivity index (χ1v) is 3.84. The molecule has 0 bridgehead atoms. The first-order valence-electron chi connectivity index (χ1n) is 3.84. The van der Waals surface area contributed by atoms with Gasteiger partial charge in [-0.2, -0.15) is 0 Å². The zero-order valence-electron chi connectivity index (χ0n) is 7.59. The van der Waals surface area contributed by atoms with Crippen molar-refractivity contribution in [2.45, 2.75) is 27.1 Å². The van der Waals surface area contributed by atoms with Crippen LogP contribution in [0.25, 0.3) is 0 Å². The smallest absolute Gasteiger partial charge is 0.107 e. The van der Waals surface area contributed by atoms with Crippen LogP contribution in [0.3, 0.4) is 0 Å². The van der Waals surface area contributed by atoms with E-state index in [0.717, 1.165) is 6.54 Å². The van der Waals surface area contributed by atoms with Gasteiger partial charge in [-0.15, -0.1) is 0 Å². The molecule has 0 rings (SSSR count). The fraction of sp³-hybridized carbons (Fsp3) is 0.750. The van der Waals surface area contributed by atoms with Gasteiger partial charge in [-0.05, 0) is 5.41 Å². The predicted octanol–water partition coefficient (Wildman–Crippen LogP) is 0.379. The molecule has 0 atom stereocenters. The summed E-state index contributed by atoms with van der Waals surface area (Å²) in [4.78, 5) is 0. The highest BCUT2D eigenvalue weighted by atomic mass is 15.1. The molecule has 3 nitrogen and oxygen atoms in total. The normalized spacial score (nSPS) is 13.3. The molecule has 5 N–H and O–H groups in total. The van der Waals surface area contributed by atoms with E-state index in [1.807, 2.05) is 6.08 Å². The van der Waals surface area contributed by atoms with Crippen molar-refractivity contribution in [1.82, 2.24) is 5.32 Å². The van der Waals surface area contributed by atoms with Gasteiger partial charge >= 0.3 is 0 Å². The maximum absolute atomic E-state index is 5.28. The lowest BCUT2D eigenvalue weighted by Crippen LogP contribution is -2.45. The van der Waals surface area contributed by atoms with Gasteiger partial charge in [-0.3, -0.25) is 5.32 Å². The summed E-state index contributed by atoms with van der Waals surface area (Å²) < 4.78 is 0. The van der Waals surface area contributed by atoms with Gasteiger partial charge in [0, 0.05) is 6.54 Å². The van der Waals surface area contributed by atoms with Crippen LogP contribution in [0.4, 0.5) is 0 Å². The molecule has 0 aliphatic rings. The van der Waals surface area contributed by atoms with Crippen LogP contribution in [0.1, 0.15) is 20.8 Å². The summed E-state index contributed by atoms with van der Waals surface area (Å²) >= 11 is 0. The Balaban J connectivity index is 3.46. The highest BCUT2D eigenvalue weighted by Gasteiger charge is 2.02. The monoisotopic (exact) mass is 157 g/mol. The van der Waals surface area contributed by atoms with Gasteiger partial charge < -0.3 is 11.5 Å². The van der Waals surface area contributed by atoms with Crippen LogP contribution in [0.5, 0.6) is 0 Å². The predicted molar refractivity (Wildman–Crippen MR) is 48.8 cm³/mol. The number of nitrogens with two attached hydrogens (primary N) is 2. The van der Waals surface area contributed by atoms with E-state index in [0.29, 0.717) is 0 Å². The fourth-order valence-corrected chi connectivity index (χ4v) is 0.617. The van der Waals surface area contributed by atoms with Gasteiger partial charge in [0.05, 0.1) is 0 Å². The standard InChI is InChI=1S/C8H19N3/c1-8(2,3)5-4-6-11-7(9)10/h4-5,7,11H,6,9-10H2,1-3H3/b5-4+. The molecular formula is C8H19N3. The lowest BCUT2D eigenvalue weighted by molar-refractivity contribution is 0.536. The molecular weight excluding hydrogens is 138 g/mol. The third-order valence-corrected chi connectivity index (χ3v) is 1.09. The van der Waals surface area contributed by atoms with Gasteiger partial charge in [-0.25, -0.2) is 0 Å². The van der Waals surface area contributed by atoms with Crippen molar-refractivity contribution in [2.75, 3.05) is 6.54 Å². The maximum Gasteiger partial charge on any atom is 0.107 e. The average Bonchev–Trinajstić information content (AvgIpc) is 1.78. The van der Waals surface area contributed by atoms with Gasteiger partial charge in [0.1, 0.15) is 6.29 Å². The summed E-state index contributed by atoms with van der Waals surface area (Å²) in [5.74, 6) is 0. The molecule has 0 aliphatic heterocycles. The Bertz CT molecular complexity index is 122. The van der Waals surface area contributed by atoms with Gasteiger partial charge in [0.2, 0.25) is 0 Å². The second-order valence-corrected chi connectivity index (χ2v) is 3.70. The molecule has 66 valence electrons. The Morgan fingerprint density at radius 1 is 1.36 bits per heavy atom. The first-order chi connectivity index (χ1) is 4.92. The highest BCUT2D eigenvalue weighted by Crippen LogP contribution is 2.13. The van der Waals surface area contributed by atoms with Crippen LogP contribution in [-0.4, -0.2) is 12.8 Å². The lowest BCUT2D eigenvalue weighted by Gasteiger charge is -2.11. The molecule has 3 heteroatoms. The largest absolute Gasteiger partial charge is 0.304 e. The van der Waals surface area contributed by atoms with Gasteiger partial charge in [-0.1, -0.05) is 32.9 Å². The molecule has 0 saturated heterocycles. The lowest BCUT2D eigenvalue weighted by atomic mass is 9.96. The Kier molecular flexibility index (Phi) is 4.33. The van der Waals surface area contributed by atoms with E-state index < -0.39 is 6.29 Å². The van der Waals surface area contributed by atoms with Crippen LogP contribution < -0.4 is 16.8 Å². The first kappa shape index (κ1) is 10.6. The summed E-state index contributed by atoms with van der Waals surface area (Å²) in [6, 6.07) is 0. The van der Waals surface area contributed by atoms with E-state index in [4.69, 9.17) is 11.5 Å². The number of hydrogen-bond acceptors (Lipinski definition) is 3. The summed E-state index contributed by atoms with van der Waals surface area (Å²) in [6.45, 7) is 7.17. The molecule has 0 saturated carbocycles. The van der Waals surface area contributed by atoms with Crippen LogP contribution in [0.2, 0.25) is 0 Å². The number of allylic oxidation sites excluding steroid dienone is 1. The molecule has 0 heterocycles. The zero-order valence-corrected chi connectivity index (χ0v) is 7.59. The van der Waals surface area contributed by atoms with E-state index in [2.05, 4.69) is 32.2 Å². The Labute approximate surface area is 68.8 Å². The number of nitrogens with one attached hydrogen (secondary N) is 1. The third kappa shape index (κ3) is 9.62. The molecule has 0 amide bonds. The van der Waals surface area contributed by atoms with Crippen LogP contribution in [-0.2, 0) is 0 Å². The fourth-order valence-electron chi connectivity index (χ4n) is 0.617. The molecule has 11 heavy (non-hydrogen) atoms. The van der Waals surface area contributed by atoms with E-state index in [1.54, 1.807) is 0 Å². The molecule has 0 unspecified atom stereocenters. The van der Waals surface area contributed by atoms with Crippen molar-refractivity contribution in [2.24, 2.45) is 16.9 Å². The molecule has 0 fully saturated rings. The minimum Gasteiger partial charge on any atom is -0.304 e. The Morgan fingerprint density at radius 2 is 1.91 bits per heavy atom. The van der Waals surface area contributed by atoms with Crippen molar-refractivity contribution >= 4 is 0 Å². The summed E-state index contributed by atoms with van der Waals surface area (Å²) in [5.41, 5.74) is 10.8. The van der Waals surface area contributed by atoms with E-state index in [9.17, 15) is 0 Å². The molecule has 0 aromatic heterocycles. The second kappa shape index (κ2) is 4.49. The topological polar surface area (TPSA) is 64.1 Å². The van der Waals surface area contributed by atoms with Crippen LogP contribution in [0, 0.1) is 5.41 Å². The van der Waals surface area contributed by atoms with Crippen LogP contribution in [0.15, 0.2) is 12.2 Å². The SMILES string of the molecule is CC(C)(C)/C=C/CNC(N)N. The molecule has 0 aromatic rings. The summed E-state index contributed by atoms with van der Waals surface area (Å²) in [5, 5.41) is 2.89. The van der Waals surface area contributed by atoms with Crippen molar-refractivity contribution in [1.29, 1.82) is 0 Å². The van der Waals surface area contributed by atoms with E-state index >= 15 is 0 Å². The number of rotatable bonds is 3. The molecule has 0 radical (unpaired) electrons. The van der Waals surface area contributed by atoms with Crippen molar-refractivity contribution in [3.05, 3.63) is 12.2 Å². The average molecular weight is 157 g/mol. The van der Waals surface area contributed by atoms with Gasteiger partial charge in [0.25, 0.3) is 0 Å². The summed E-state index contributed by atoms with van der Waals surface area (Å²) in [7, 11) is 0. The second-order valence-electron chi connectivity index (χ2n) is 3.70. The maximum atomic E-state index is 5.28. The quantitative estimate of drug-likeness (QED) is 0.410. The molecule has 0 spiro atoms. The van der Waals surface area contributed by atoms with E-state index in [-0.39, 0.29) is 5.41 Å². The van der Waals surface area contributed by atoms with Crippen LogP contribution >= 0.6 is 0 Å². The van der Waals surface area contributed by atoms with Crippen molar-refractivity contribution in [3.8, 4) is 0 Å². The van der Waals surface area contributed by atoms with Crippen molar-refractivity contribution < 1.29 is 0 Å². The third-order valence-electron chi connectivity index (χ3n) is 1.09. The van der Waals surface area contributed by atoms with Crippen molar-refractivity contribution in [3.63, 3.8) is 0 Å². The molecule has 0 aromatic carbocycles. The summed E-state index contributed by atoms with van der Waals surface area (Å²) in [6.07, 6.45) is 3.74. The van der Waals surface area contributed by atoms with E-state index in [1.165, 1.54) is 0 Å². The highest BCUT2D eigenvalue weighted by molar-refractivity contribution is 4.93. The minimum atomic E-state index is -0.417.